The first-order chi connectivity index (χ1) is 9.49. The zero-order valence-electron chi connectivity index (χ0n) is 11.7. The third-order valence-electron chi connectivity index (χ3n) is 4.03. The number of anilines is 2. The lowest BCUT2D eigenvalue weighted by molar-refractivity contribution is 0.0698. The summed E-state index contributed by atoms with van der Waals surface area (Å²) in [6.07, 6.45) is 4.77. The van der Waals surface area contributed by atoms with Crippen molar-refractivity contribution in [3.05, 3.63) is 23.5 Å². The summed E-state index contributed by atoms with van der Waals surface area (Å²) >= 11 is 0. The number of carboxylic acids is 1. The lowest BCUT2D eigenvalue weighted by Gasteiger charge is -2.27. The molecule has 1 aliphatic rings. The molecule has 0 spiro atoms. The quantitative estimate of drug-likeness (QED) is 0.739. The number of carboxylic acid groups (broad SMARTS) is 1. The van der Waals surface area contributed by atoms with Crippen LogP contribution in [0.4, 0.5) is 15.8 Å². The Morgan fingerprint density at radius 3 is 2.90 bits per heavy atom. The van der Waals surface area contributed by atoms with Crippen LogP contribution < -0.4 is 11.1 Å². The molecule has 1 fully saturated rings. The number of hydrogen-bond acceptors (Lipinski definition) is 3. The second-order valence-corrected chi connectivity index (χ2v) is 5.71. The van der Waals surface area contributed by atoms with Gasteiger partial charge in [-0.1, -0.05) is 19.8 Å². The second-order valence-electron chi connectivity index (χ2n) is 5.71. The van der Waals surface area contributed by atoms with Crippen molar-refractivity contribution < 1.29 is 14.3 Å². The predicted octanol–water partition coefficient (Wildman–Crippen LogP) is 3.34. The Morgan fingerprint density at radius 1 is 1.50 bits per heavy atom. The molecule has 110 valence electrons. The van der Waals surface area contributed by atoms with E-state index in [1.54, 1.807) is 0 Å². The minimum Gasteiger partial charge on any atom is -0.478 e. The molecule has 0 saturated heterocycles. The molecule has 2 atom stereocenters. The lowest BCUT2D eigenvalue weighted by Crippen LogP contribution is -2.22. The van der Waals surface area contributed by atoms with E-state index in [1.165, 1.54) is 25.0 Å². The highest BCUT2D eigenvalue weighted by molar-refractivity contribution is 6.00. The topological polar surface area (TPSA) is 75.3 Å². The van der Waals surface area contributed by atoms with Crippen molar-refractivity contribution in [2.24, 2.45) is 11.8 Å². The maximum absolute atomic E-state index is 13.3. The molecular formula is C15H21FN2O2. The van der Waals surface area contributed by atoms with Crippen LogP contribution in [0.5, 0.6) is 0 Å². The van der Waals surface area contributed by atoms with Gasteiger partial charge in [-0.25, -0.2) is 9.18 Å². The van der Waals surface area contributed by atoms with E-state index in [0.29, 0.717) is 24.1 Å². The van der Waals surface area contributed by atoms with E-state index in [1.807, 2.05) is 0 Å². The van der Waals surface area contributed by atoms with Crippen molar-refractivity contribution in [2.45, 2.75) is 32.6 Å². The number of rotatable bonds is 4. The smallest absolute Gasteiger partial charge is 0.340 e. The van der Waals surface area contributed by atoms with Crippen LogP contribution in [0.3, 0.4) is 0 Å². The summed E-state index contributed by atoms with van der Waals surface area (Å²) in [6.45, 7) is 2.94. The summed E-state index contributed by atoms with van der Waals surface area (Å²) in [5, 5.41) is 12.3. The number of nitrogen functional groups attached to an aromatic ring is 1. The highest BCUT2D eigenvalue weighted by Crippen LogP contribution is 2.30. The molecule has 4 nitrogen and oxygen atoms in total. The Hall–Kier alpha value is -1.78. The first-order valence-electron chi connectivity index (χ1n) is 7.04. The molecule has 2 unspecified atom stereocenters. The van der Waals surface area contributed by atoms with Crippen molar-refractivity contribution in [1.82, 2.24) is 0 Å². The highest BCUT2D eigenvalue weighted by atomic mass is 19.1. The van der Waals surface area contributed by atoms with Crippen LogP contribution in [-0.4, -0.2) is 17.6 Å². The van der Waals surface area contributed by atoms with Crippen LogP contribution >= 0.6 is 0 Å². The van der Waals surface area contributed by atoms with Gasteiger partial charge in [0.05, 0.1) is 11.4 Å². The van der Waals surface area contributed by atoms with E-state index in [4.69, 9.17) is 10.8 Å². The predicted molar refractivity (Wildman–Crippen MR) is 77.4 cm³/mol. The molecular weight excluding hydrogens is 259 g/mol. The molecule has 0 heterocycles. The van der Waals surface area contributed by atoms with Gasteiger partial charge >= 0.3 is 5.97 Å². The zero-order chi connectivity index (χ0) is 14.7. The van der Waals surface area contributed by atoms with Crippen LogP contribution in [-0.2, 0) is 0 Å². The summed E-state index contributed by atoms with van der Waals surface area (Å²) in [5.41, 5.74) is 5.44. The summed E-state index contributed by atoms with van der Waals surface area (Å²) < 4.78 is 13.3. The van der Waals surface area contributed by atoms with Gasteiger partial charge in [0, 0.05) is 6.54 Å². The fourth-order valence-corrected chi connectivity index (χ4v) is 2.97. The molecule has 5 heteroatoms. The number of benzene rings is 1. The highest BCUT2D eigenvalue weighted by Gasteiger charge is 2.21. The van der Waals surface area contributed by atoms with Crippen molar-refractivity contribution in [1.29, 1.82) is 0 Å². The minimum atomic E-state index is -1.21. The van der Waals surface area contributed by atoms with Gasteiger partial charge in [0.15, 0.2) is 0 Å². The molecule has 1 aromatic carbocycles. The van der Waals surface area contributed by atoms with Crippen LogP contribution in [0.1, 0.15) is 43.0 Å². The summed E-state index contributed by atoms with van der Waals surface area (Å²) in [4.78, 5) is 11.2. The molecule has 4 N–H and O–H groups in total. The molecule has 0 amide bonds. The number of nitrogens with one attached hydrogen (secondary N) is 1. The maximum atomic E-state index is 13.3. The molecule has 0 aliphatic heterocycles. The van der Waals surface area contributed by atoms with Gasteiger partial charge in [-0.3, -0.25) is 0 Å². The third kappa shape index (κ3) is 3.21. The molecule has 2 rings (SSSR count). The Kier molecular flexibility index (Phi) is 4.47. The van der Waals surface area contributed by atoms with Crippen LogP contribution in [0.2, 0.25) is 0 Å². The van der Waals surface area contributed by atoms with Crippen molar-refractivity contribution in [3.63, 3.8) is 0 Å². The Balaban J connectivity index is 2.09. The molecule has 0 radical (unpaired) electrons. The first kappa shape index (κ1) is 14.6. The monoisotopic (exact) mass is 280 g/mol. The number of carbonyl (C=O) groups is 1. The van der Waals surface area contributed by atoms with Gasteiger partial charge < -0.3 is 16.2 Å². The largest absolute Gasteiger partial charge is 0.478 e. The van der Waals surface area contributed by atoms with Crippen molar-refractivity contribution in [2.75, 3.05) is 17.6 Å². The maximum Gasteiger partial charge on any atom is 0.340 e. The lowest BCUT2D eigenvalue weighted by atomic mass is 9.82. The summed E-state index contributed by atoms with van der Waals surface area (Å²) in [5.74, 6) is -0.653. The number of nitrogens with two attached hydrogens (primary N) is 1. The van der Waals surface area contributed by atoms with Crippen molar-refractivity contribution >= 4 is 17.3 Å². The van der Waals surface area contributed by atoms with Gasteiger partial charge in [0.1, 0.15) is 11.4 Å². The van der Waals surface area contributed by atoms with E-state index in [2.05, 4.69) is 12.2 Å². The van der Waals surface area contributed by atoms with Gasteiger partial charge in [0.2, 0.25) is 0 Å². The SMILES string of the molecule is CC1CCCC(CNc2ccc(F)c(N)c2C(=O)O)C1. The second kappa shape index (κ2) is 6.11. The first-order valence-corrected chi connectivity index (χ1v) is 7.04. The molecule has 0 aromatic heterocycles. The van der Waals surface area contributed by atoms with E-state index in [0.717, 1.165) is 12.8 Å². The van der Waals surface area contributed by atoms with E-state index >= 15 is 0 Å². The number of aromatic carboxylic acids is 1. The average Bonchev–Trinajstić information content (AvgIpc) is 2.39. The fraction of sp³-hybridized carbons (Fsp3) is 0.533. The number of halogens is 1. The summed E-state index contributed by atoms with van der Waals surface area (Å²) in [7, 11) is 0. The summed E-state index contributed by atoms with van der Waals surface area (Å²) in [6, 6.07) is 2.65. The van der Waals surface area contributed by atoms with Crippen LogP contribution in [0, 0.1) is 17.7 Å². The molecule has 1 aromatic rings. The molecule has 1 saturated carbocycles. The molecule has 1 aliphatic carbocycles. The van der Waals surface area contributed by atoms with E-state index in [9.17, 15) is 9.18 Å². The fourth-order valence-electron chi connectivity index (χ4n) is 2.97. The van der Waals surface area contributed by atoms with Crippen LogP contribution in [0.25, 0.3) is 0 Å². The van der Waals surface area contributed by atoms with Gasteiger partial charge in [-0.2, -0.15) is 0 Å². The van der Waals surface area contributed by atoms with Crippen LogP contribution in [0.15, 0.2) is 12.1 Å². The van der Waals surface area contributed by atoms with Gasteiger partial charge in [-0.05, 0) is 36.8 Å². The standard InChI is InChI=1S/C15H21FN2O2/c1-9-3-2-4-10(7-9)8-18-12-6-5-11(16)14(17)13(12)15(19)20/h5-6,9-10,18H,2-4,7-8,17H2,1H3,(H,19,20). The Bertz CT molecular complexity index is 505. The average molecular weight is 280 g/mol. The van der Waals surface area contributed by atoms with E-state index in [-0.39, 0.29) is 11.3 Å². The normalized spacial score (nSPS) is 22.5. The zero-order valence-corrected chi connectivity index (χ0v) is 11.7. The van der Waals surface area contributed by atoms with Crippen molar-refractivity contribution in [3.8, 4) is 0 Å². The Labute approximate surface area is 118 Å². The Morgan fingerprint density at radius 2 is 2.25 bits per heavy atom. The molecule has 0 bridgehead atoms. The number of hydrogen-bond donors (Lipinski definition) is 3. The minimum absolute atomic E-state index is 0.172. The van der Waals surface area contributed by atoms with Gasteiger partial charge in [0.25, 0.3) is 0 Å². The third-order valence-corrected chi connectivity index (χ3v) is 4.03. The molecule has 20 heavy (non-hydrogen) atoms. The van der Waals surface area contributed by atoms with E-state index < -0.39 is 11.8 Å². The van der Waals surface area contributed by atoms with Gasteiger partial charge in [-0.15, -0.1) is 0 Å².